The predicted octanol–water partition coefficient (Wildman–Crippen LogP) is -2.09. The topological polar surface area (TPSA) is 237 Å². The Morgan fingerprint density at radius 2 is 2.22 bits per heavy atom. The molecule has 2 aromatic heterocycles. The van der Waals surface area contributed by atoms with E-state index >= 15 is 0 Å². The van der Waals surface area contributed by atoms with E-state index in [9.17, 15) is 19.5 Å². The lowest BCUT2D eigenvalue weighted by atomic mass is 10.0. The number of aliphatic hydroxyl groups is 1. The van der Waals surface area contributed by atoms with Crippen LogP contribution in [0, 0.1) is 0 Å². The number of thiazole rings is 1. The Labute approximate surface area is 221 Å². The SMILES string of the molecule is NCCON=C(C(=O)NC1C(=O)N2C(C(=O)O)=C(CSc3nnnn3CCO)CS[C@H]12)c1csc(N)n1. The van der Waals surface area contributed by atoms with Gasteiger partial charge in [-0.2, -0.15) is 0 Å². The Morgan fingerprint density at radius 1 is 1.41 bits per heavy atom. The number of thioether (sulfide) groups is 2. The van der Waals surface area contributed by atoms with Crippen LogP contribution in [0.15, 0.2) is 27.0 Å². The van der Waals surface area contributed by atoms with Gasteiger partial charge in [0, 0.05) is 23.4 Å². The van der Waals surface area contributed by atoms with Crippen molar-refractivity contribution < 1.29 is 29.4 Å². The summed E-state index contributed by atoms with van der Waals surface area (Å²) in [5, 5.41) is 38.1. The van der Waals surface area contributed by atoms with E-state index in [0.717, 1.165) is 16.2 Å². The van der Waals surface area contributed by atoms with Crippen molar-refractivity contribution in [3.63, 3.8) is 0 Å². The van der Waals surface area contributed by atoms with Gasteiger partial charge < -0.3 is 31.8 Å². The molecule has 0 aromatic carbocycles. The van der Waals surface area contributed by atoms with Crippen molar-refractivity contribution in [2.24, 2.45) is 10.9 Å². The molecule has 2 aromatic rings. The average Bonchev–Trinajstić information content (AvgIpc) is 3.51. The van der Waals surface area contributed by atoms with E-state index in [1.807, 2.05) is 0 Å². The van der Waals surface area contributed by atoms with Crippen molar-refractivity contribution in [3.8, 4) is 0 Å². The van der Waals surface area contributed by atoms with Crippen molar-refractivity contribution in [2.45, 2.75) is 23.1 Å². The van der Waals surface area contributed by atoms with Gasteiger partial charge in [-0.05, 0) is 16.0 Å². The molecule has 0 aliphatic carbocycles. The zero-order valence-corrected chi connectivity index (χ0v) is 21.5. The van der Waals surface area contributed by atoms with E-state index in [2.05, 4.69) is 31.0 Å². The summed E-state index contributed by atoms with van der Waals surface area (Å²) in [4.78, 5) is 48.3. The molecule has 2 aliphatic rings. The number of carbonyl (C=O) groups excluding carboxylic acids is 2. The number of nitrogens with one attached hydrogen (secondary N) is 1. The number of tetrazole rings is 1. The molecule has 37 heavy (non-hydrogen) atoms. The fraction of sp³-hybridized carbons (Fsp3) is 0.444. The molecule has 1 fully saturated rings. The molecule has 2 atom stereocenters. The summed E-state index contributed by atoms with van der Waals surface area (Å²) in [6, 6.07) is -0.978. The van der Waals surface area contributed by atoms with Crippen LogP contribution in [0.3, 0.4) is 0 Å². The quantitative estimate of drug-likeness (QED) is 0.0605. The minimum atomic E-state index is -1.26. The summed E-state index contributed by atoms with van der Waals surface area (Å²) in [5.74, 6) is -2.03. The Balaban J connectivity index is 1.48. The minimum absolute atomic E-state index is 0.0605. The molecular weight excluding hydrogens is 548 g/mol. The van der Waals surface area contributed by atoms with Gasteiger partial charge in [0.2, 0.25) is 5.16 Å². The molecule has 0 bridgehead atoms. The van der Waals surface area contributed by atoms with Gasteiger partial charge in [0.15, 0.2) is 10.8 Å². The van der Waals surface area contributed by atoms with Crippen LogP contribution in [0.1, 0.15) is 5.69 Å². The molecule has 0 spiro atoms. The van der Waals surface area contributed by atoms with Crippen molar-refractivity contribution in [2.75, 3.05) is 37.0 Å². The number of carboxylic acids is 1. The summed E-state index contributed by atoms with van der Waals surface area (Å²) in [5.41, 5.74) is 11.4. The number of nitrogens with two attached hydrogens (primary N) is 2. The number of nitrogen functional groups attached to an aromatic ring is 1. The molecule has 2 amide bonds. The smallest absolute Gasteiger partial charge is 0.352 e. The summed E-state index contributed by atoms with van der Waals surface area (Å²) < 4.78 is 1.40. The summed E-state index contributed by atoms with van der Waals surface area (Å²) in [7, 11) is 0. The number of hydrogen-bond donors (Lipinski definition) is 5. The van der Waals surface area contributed by atoms with Crippen molar-refractivity contribution in [3.05, 3.63) is 22.3 Å². The molecule has 16 nitrogen and oxygen atoms in total. The number of carbonyl (C=O) groups is 3. The molecule has 7 N–H and O–H groups in total. The largest absolute Gasteiger partial charge is 0.477 e. The first-order valence-electron chi connectivity index (χ1n) is 10.7. The molecular formula is C18H22N10O6S3. The highest BCUT2D eigenvalue weighted by Gasteiger charge is 2.54. The third-order valence-corrected chi connectivity index (χ3v) is 8.12. The molecule has 4 heterocycles. The highest BCUT2D eigenvalue weighted by atomic mass is 32.2. The number of nitrogens with zero attached hydrogens (tertiary/aromatic N) is 7. The third kappa shape index (κ3) is 5.69. The van der Waals surface area contributed by atoms with Crippen LogP contribution in [0.2, 0.25) is 0 Å². The van der Waals surface area contributed by atoms with Crippen LogP contribution in [-0.4, -0.2) is 106 Å². The second-order valence-corrected chi connectivity index (χ2v) is 10.4. The van der Waals surface area contributed by atoms with Gasteiger partial charge in [-0.15, -0.1) is 28.2 Å². The van der Waals surface area contributed by atoms with E-state index in [0.29, 0.717) is 16.5 Å². The predicted molar refractivity (Wildman–Crippen MR) is 133 cm³/mol. The van der Waals surface area contributed by atoms with Gasteiger partial charge in [-0.3, -0.25) is 14.5 Å². The Kier molecular flexibility index (Phi) is 8.59. The fourth-order valence-corrected chi connectivity index (χ4v) is 6.39. The zero-order chi connectivity index (χ0) is 26.5. The lowest BCUT2D eigenvalue weighted by Crippen LogP contribution is -2.71. The van der Waals surface area contributed by atoms with Crippen molar-refractivity contribution >= 4 is 63.5 Å². The van der Waals surface area contributed by atoms with Gasteiger partial charge >= 0.3 is 5.97 Å². The lowest BCUT2D eigenvalue weighted by Gasteiger charge is -2.49. The summed E-state index contributed by atoms with van der Waals surface area (Å²) >= 11 is 3.61. The first-order chi connectivity index (χ1) is 17.8. The van der Waals surface area contributed by atoms with E-state index in [1.165, 1.54) is 33.6 Å². The van der Waals surface area contributed by atoms with Crippen molar-refractivity contribution in [1.29, 1.82) is 0 Å². The van der Waals surface area contributed by atoms with Crippen LogP contribution in [-0.2, 0) is 25.8 Å². The van der Waals surface area contributed by atoms with Crippen LogP contribution < -0.4 is 16.8 Å². The Hall–Kier alpha value is -3.26. The number of oxime groups is 1. The van der Waals surface area contributed by atoms with Crippen molar-refractivity contribution in [1.82, 2.24) is 35.4 Å². The normalized spacial score (nSPS) is 19.5. The molecule has 4 rings (SSSR count). The first kappa shape index (κ1) is 26.8. The second kappa shape index (κ2) is 11.9. The highest BCUT2D eigenvalue weighted by Crippen LogP contribution is 2.41. The number of rotatable bonds is 12. The Bertz CT molecular complexity index is 1250. The van der Waals surface area contributed by atoms with E-state index in [1.54, 1.807) is 0 Å². The van der Waals surface area contributed by atoms with Gasteiger partial charge in [-0.25, -0.2) is 14.5 Å². The number of fused-ring (bicyclic) bond motifs is 1. The maximum absolute atomic E-state index is 13.0. The number of aliphatic carboxylic acids is 1. The average molecular weight is 571 g/mol. The number of aliphatic hydroxyl groups excluding tert-OH is 1. The maximum Gasteiger partial charge on any atom is 0.352 e. The number of carboxylic acid groups (broad SMARTS) is 1. The third-order valence-electron chi connectivity index (χ3n) is 5.07. The standard InChI is InChI=1S/C18H22N10O6S3/c19-1-4-34-24-10(9-7-36-17(20)21-9)13(30)22-11-14(31)28-12(16(32)33)8(5-35-15(11)28)6-37-18-23-25-26-27(18)2-3-29/h7,11,15,29H,1-6,19H2,(H2,20,21)(H,22,30)(H,32,33)/t11?,15-/m1/s1. The molecule has 0 radical (unpaired) electrons. The maximum atomic E-state index is 13.0. The van der Waals surface area contributed by atoms with Gasteiger partial charge in [0.1, 0.15) is 29.4 Å². The van der Waals surface area contributed by atoms with Crippen LogP contribution in [0.5, 0.6) is 0 Å². The van der Waals surface area contributed by atoms with Gasteiger partial charge in [-0.1, -0.05) is 16.9 Å². The molecule has 1 unspecified atom stereocenters. The Morgan fingerprint density at radius 3 is 2.89 bits per heavy atom. The van der Waals surface area contributed by atoms with Crippen LogP contribution >= 0.6 is 34.9 Å². The molecule has 0 saturated carbocycles. The molecule has 198 valence electrons. The van der Waals surface area contributed by atoms with E-state index in [-0.39, 0.29) is 54.3 Å². The number of amides is 2. The number of aromatic nitrogens is 5. The zero-order valence-electron chi connectivity index (χ0n) is 19.0. The van der Waals surface area contributed by atoms with Crippen LogP contribution in [0.25, 0.3) is 0 Å². The molecule has 19 heteroatoms. The minimum Gasteiger partial charge on any atom is -0.477 e. The summed E-state index contributed by atoms with van der Waals surface area (Å²) in [6.45, 7) is 0.271. The monoisotopic (exact) mass is 570 g/mol. The number of anilines is 1. The number of β-lactam (4-membered cyclic amide) rings is 1. The van der Waals surface area contributed by atoms with E-state index in [4.69, 9.17) is 21.4 Å². The molecule has 1 saturated heterocycles. The first-order valence-corrected chi connectivity index (χ1v) is 13.6. The lowest BCUT2D eigenvalue weighted by molar-refractivity contribution is -0.150. The van der Waals surface area contributed by atoms with E-state index < -0.39 is 29.2 Å². The molecule has 2 aliphatic heterocycles. The second-order valence-electron chi connectivity index (χ2n) is 7.45. The fourth-order valence-electron chi connectivity index (χ4n) is 3.45. The highest BCUT2D eigenvalue weighted by molar-refractivity contribution is 8.01. The van der Waals surface area contributed by atoms with Crippen LogP contribution in [0.4, 0.5) is 5.13 Å². The number of hydrogen-bond acceptors (Lipinski definition) is 15. The summed E-state index contributed by atoms with van der Waals surface area (Å²) in [6.07, 6.45) is 0. The van der Waals surface area contributed by atoms with Gasteiger partial charge in [0.25, 0.3) is 11.8 Å². The van der Waals surface area contributed by atoms with Gasteiger partial charge in [0.05, 0.1) is 13.2 Å².